The van der Waals surface area contributed by atoms with Crippen molar-refractivity contribution >= 4 is 29.9 Å². The van der Waals surface area contributed by atoms with Gasteiger partial charge in [0.2, 0.25) is 0 Å². The number of nitrogens with zero attached hydrogens (tertiary/aromatic N) is 3. The third-order valence-corrected chi connectivity index (χ3v) is 5.64. The number of aliphatic imine (C=N–C) groups is 1. The topological polar surface area (TPSA) is 63.5 Å². The van der Waals surface area contributed by atoms with Crippen LogP contribution in [-0.4, -0.2) is 34.9 Å². The van der Waals surface area contributed by atoms with E-state index in [2.05, 4.69) is 58.1 Å². The number of hydrogen-bond donors (Lipinski definition) is 2. The monoisotopic (exact) mass is 495 g/mol. The molecule has 0 saturated heterocycles. The van der Waals surface area contributed by atoms with Gasteiger partial charge in [-0.05, 0) is 44.2 Å². The number of fused-ring (bicyclic) bond motifs is 1. The Morgan fingerprint density at radius 1 is 1.32 bits per heavy atom. The molecule has 2 N–H and O–H groups in total. The Kier molecular flexibility index (Phi) is 6.85. The van der Waals surface area contributed by atoms with Crippen LogP contribution in [0.1, 0.15) is 49.3 Å². The standard InChI is InChI=1S/C21H29N5O.HI/c1-16-14-24-26(15-16)12-11-23-20(22-2)25-18-13-21(9-5-6-10-21)27-19-8-4-3-7-17(18)19;/h3-4,7-8,14-15,18H,5-6,9-13H2,1-2H3,(H2,22,23,25);1H. The van der Waals surface area contributed by atoms with Gasteiger partial charge < -0.3 is 15.4 Å². The lowest BCUT2D eigenvalue weighted by Crippen LogP contribution is -2.47. The third-order valence-electron chi connectivity index (χ3n) is 5.64. The van der Waals surface area contributed by atoms with Crippen LogP contribution in [0.4, 0.5) is 0 Å². The van der Waals surface area contributed by atoms with Crippen LogP contribution >= 0.6 is 24.0 Å². The number of ether oxygens (including phenoxy) is 1. The summed E-state index contributed by atoms with van der Waals surface area (Å²) in [5.41, 5.74) is 2.39. The van der Waals surface area contributed by atoms with Gasteiger partial charge in [0.05, 0.1) is 18.8 Å². The molecule has 1 aromatic carbocycles. The average molecular weight is 495 g/mol. The summed E-state index contributed by atoms with van der Waals surface area (Å²) >= 11 is 0. The smallest absolute Gasteiger partial charge is 0.191 e. The third kappa shape index (κ3) is 4.61. The van der Waals surface area contributed by atoms with Crippen molar-refractivity contribution in [2.45, 2.75) is 57.2 Å². The van der Waals surface area contributed by atoms with E-state index >= 15 is 0 Å². The Balaban J connectivity index is 0.00000225. The number of hydrogen-bond acceptors (Lipinski definition) is 3. The number of rotatable bonds is 4. The molecule has 1 aliphatic carbocycles. The first-order chi connectivity index (χ1) is 13.2. The second-order valence-electron chi connectivity index (χ2n) is 7.71. The summed E-state index contributed by atoms with van der Waals surface area (Å²) in [5, 5.41) is 11.4. The van der Waals surface area contributed by atoms with Crippen LogP contribution in [0.2, 0.25) is 0 Å². The van der Waals surface area contributed by atoms with Crippen LogP contribution in [0.15, 0.2) is 41.7 Å². The lowest BCUT2D eigenvalue weighted by atomic mass is 9.86. The van der Waals surface area contributed by atoms with Gasteiger partial charge in [0.1, 0.15) is 11.4 Å². The first-order valence-corrected chi connectivity index (χ1v) is 9.92. The zero-order valence-corrected chi connectivity index (χ0v) is 19.0. The van der Waals surface area contributed by atoms with Gasteiger partial charge in [0.15, 0.2) is 5.96 Å². The molecule has 152 valence electrons. The Labute approximate surface area is 184 Å². The molecule has 1 spiro atoms. The maximum Gasteiger partial charge on any atom is 0.191 e. The summed E-state index contributed by atoms with van der Waals surface area (Å²) in [7, 11) is 1.82. The van der Waals surface area contributed by atoms with Gasteiger partial charge in [-0.25, -0.2) is 0 Å². The van der Waals surface area contributed by atoms with Crippen molar-refractivity contribution in [1.29, 1.82) is 0 Å². The Bertz CT molecular complexity index is 813. The second-order valence-corrected chi connectivity index (χ2v) is 7.71. The molecule has 1 aliphatic heterocycles. The van der Waals surface area contributed by atoms with Crippen LogP contribution < -0.4 is 15.4 Å². The van der Waals surface area contributed by atoms with Crippen molar-refractivity contribution in [1.82, 2.24) is 20.4 Å². The molecule has 0 radical (unpaired) electrons. The highest BCUT2D eigenvalue weighted by Gasteiger charge is 2.43. The predicted molar refractivity (Wildman–Crippen MR) is 123 cm³/mol. The summed E-state index contributed by atoms with van der Waals surface area (Å²) in [6.45, 7) is 3.64. The highest BCUT2D eigenvalue weighted by atomic mass is 127. The van der Waals surface area contributed by atoms with Gasteiger partial charge in [-0.2, -0.15) is 5.10 Å². The van der Waals surface area contributed by atoms with Crippen LogP contribution in [0.5, 0.6) is 5.75 Å². The minimum atomic E-state index is -0.0164. The molecule has 7 heteroatoms. The van der Waals surface area contributed by atoms with Gasteiger partial charge in [-0.1, -0.05) is 18.2 Å². The van der Waals surface area contributed by atoms with E-state index in [1.54, 1.807) is 0 Å². The van der Waals surface area contributed by atoms with Gasteiger partial charge in [-0.3, -0.25) is 9.67 Å². The fraction of sp³-hybridized carbons (Fsp3) is 0.524. The minimum Gasteiger partial charge on any atom is -0.487 e. The molecule has 28 heavy (non-hydrogen) atoms. The molecule has 4 rings (SSSR count). The fourth-order valence-corrected chi connectivity index (χ4v) is 4.31. The van der Waals surface area contributed by atoms with Crippen LogP contribution in [0.25, 0.3) is 0 Å². The fourth-order valence-electron chi connectivity index (χ4n) is 4.31. The van der Waals surface area contributed by atoms with Gasteiger partial charge >= 0.3 is 0 Å². The summed E-state index contributed by atoms with van der Waals surface area (Å²) in [6.07, 6.45) is 9.72. The predicted octanol–water partition coefficient (Wildman–Crippen LogP) is 3.81. The number of halogens is 1. The summed E-state index contributed by atoms with van der Waals surface area (Å²) in [6, 6.07) is 8.61. The molecule has 6 nitrogen and oxygen atoms in total. The molecule has 2 aromatic rings. The van der Waals surface area contributed by atoms with Gasteiger partial charge in [0, 0.05) is 31.8 Å². The maximum atomic E-state index is 6.46. The lowest BCUT2D eigenvalue weighted by Gasteiger charge is -2.40. The molecule has 0 bridgehead atoms. The molecule has 1 atom stereocenters. The molecule has 2 heterocycles. The van der Waals surface area contributed by atoms with Crippen molar-refractivity contribution in [2.24, 2.45) is 4.99 Å². The largest absolute Gasteiger partial charge is 0.487 e. The van der Waals surface area contributed by atoms with E-state index in [0.29, 0.717) is 0 Å². The molecule has 1 saturated carbocycles. The molecule has 2 aliphatic rings. The van der Waals surface area contributed by atoms with Crippen molar-refractivity contribution in [3.05, 3.63) is 47.8 Å². The highest BCUT2D eigenvalue weighted by molar-refractivity contribution is 14.0. The van der Waals surface area contributed by atoms with Crippen molar-refractivity contribution in [2.75, 3.05) is 13.6 Å². The second kappa shape index (κ2) is 9.15. The zero-order valence-electron chi connectivity index (χ0n) is 16.6. The van der Waals surface area contributed by atoms with Crippen molar-refractivity contribution in [3.8, 4) is 5.75 Å². The quantitative estimate of drug-likeness (QED) is 0.385. The normalized spacial score (nSPS) is 20.2. The summed E-state index contributed by atoms with van der Waals surface area (Å²) in [4.78, 5) is 4.43. The molecule has 1 aromatic heterocycles. The molecule has 0 amide bonds. The maximum absolute atomic E-state index is 6.46. The summed E-state index contributed by atoms with van der Waals surface area (Å²) < 4.78 is 8.41. The molecular weight excluding hydrogens is 465 g/mol. The SMILES string of the molecule is CN=C(NCCn1cc(C)cn1)NC1CC2(CCCC2)Oc2ccccc21.I. The number of aromatic nitrogens is 2. The average Bonchev–Trinajstić information content (AvgIpc) is 3.29. The van der Waals surface area contributed by atoms with E-state index in [9.17, 15) is 0 Å². The number of nitrogens with one attached hydrogen (secondary N) is 2. The number of para-hydroxylation sites is 1. The highest BCUT2D eigenvalue weighted by Crippen LogP contribution is 2.46. The van der Waals surface area contributed by atoms with Gasteiger partial charge in [0.25, 0.3) is 0 Å². The molecule has 1 unspecified atom stereocenters. The Morgan fingerprint density at radius 2 is 2.11 bits per heavy atom. The first-order valence-electron chi connectivity index (χ1n) is 9.92. The minimum absolute atomic E-state index is 0. The lowest BCUT2D eigenvalue weighted by molar-refractivity contribution is 0.0396. The summed E-state index contributed by atoms with van der Waals surface area (Å²) in [5.74, 6) is 1.85. The number of aryl methyl sites for hydroxylation is 1. The first kappa shape index (κ1) is 21.0. The molecule has 1 fully saturated rings. The number of guanidine groups is 1. The van der Waals surface area contributed by atoms with Crippen LogP contribution in [-0.2, 0) is 6.54 Å². The van der Waals surface area contributed by atoms with E-state index in [-0.39, 0.29) is 35.6 Å². The molecular formula is C21H30IN5O. The van der Waals surface area contributed by atoms with E-state index in [1.807, 2.05) is 17.9 Å². The Morgan fingerprint density at radius 3 is 2.82 bits per heavy atom. The van der Waals surface area contributed by atoms with Crippen molar-refractivity contribution in [3.63, 3.8) is 0 Å². The van der Waals surface area contributed by atoms with Crippen molar-refractivity contribution < 1.29 is 4.74 Å². The van der Waals surface area contributed by atoms with E-state index < -0.39 is 0 Å². The van der Waals surface area contributed by atoms with E-state index in [4.69, 9.17) is 4.74 Å². The van der Waals surface area contributed by atoms with E-state index in [1.165, 1.54) is 24.0 Å². The van der Waals surface area contributed by atoms with E-state index in [0.717, 1.165) is 44.1 Å². The van der Waals surface area contributed by atoms with Crippen LogP contribution in [0.3, 0.4) is 0 Å². The van der Waals surface area contributed by atoms with Crippen LogP contribution in [0, 0.1) is 6.92 Å². The number of benzene rings is 1. The Hall–Kier alpha value is -1.77. The zero-order chi connectivity index (χ0) is 18.7. The van der Waals surface area contributed by atoms with Gasteiger partial charge in [-0.15, -0.1) is 24.0 Å².